The van der Waals surface area contributed by atoms with E-state index in [1.807, 2.05) is 36.4 Å². The molecule has 0 radical (unpaired) electrons. The molecule has 2 aromatic heterocycles. The van der Waals surface area contributed by atoms with Gasteiger partial charge >= 0.3 is 0 Å². The van der Waals surface area contributed by atoms with E-state index in [1.165, 1.54) is 0 Å². The predicted octanol–water partition coefficient (Wildman–Crippen LogP) is 2.96. The molecular weight excluding hydrogens is 226 g/mol. The van der Waals surface area contributed by atoms with E-state index in [0.29, 0.717) is 18.0 Å². The van der Waals surface area contributed by atoms with Crippen molar-refractivity contribution in [1.29, 1.82) is 5.26 Å². The van der Waals surface area contributed by atoms with E-state index in [4.69, 9.17) is 9.68 Å². The Morgan fingerprint density at radius 2 is 2.00 bits per heavy atom. The predicted molar refractivity (Wildman–Crippen MR) is 66.6 cm³/mol. The van der Waals surface area contributed by atoms with Crippen LogP contribution in [0, 0.1) is 11.3 Å². The fourth-order valence-electron chi connectivity index (χ4n) is 1.75. The van der Waals surface area contributed by atoms with E-state index in [1.54, 1.807) is 6.20 Å². The summed E-state index contributed by atoms with van der Waals surface area (Å²) in [5.41, 5.74) is 3.15. The SMILES string of the molecule is N#CCc1ccc(-c2nc3cccnc3o2)cc1. The Hall–Kier alpha value is -2.67. The summed E-state index contributed by atoms with van der Waals surface area (Å²) < 4.78 is 5.57. The number of oxazole rings is 1. The van der Waals surface area contributed by atoms with Crippen LogP contribution in [0.4, 0.5) is 0 Å². The average Bonchev–Trinajstić information content (AvgIpc) is 2.84. The van der Waals surface area contributed by atoms with Crippen LogP contribution in [-0.2, 0) is 6.42 Å². The molecule has 0 aliphatic rings. The number of rotatable bonds is 2. The highest BCUT2D eigenvalue weighted by Gasteiger charge is 2.08. The van der Waals surface area contributed by atoms with Crippen molar-refractivity contribution in [3.05, 3.63) is 48.2 Å². The third-order valence-electron chi connectivity index (χ3n) is 2.65. The van der Waals surface area contributed by atoms with Gasteiger partial charge < -0.3 is 4.42 Å². The Balaban J connectivity index is 2.01. The first-order valence-corrected chi connectivity index (χ1v) is 5.54. The third kappa shape index (κ3) is 1.82. The topological polar surface area (TPSA) is 62.7 Å². The van der Waals surface area contributed by atoms with Crippen LogP contribution in [0.2, 0.25) is 0 Å². The van der Waals surface area contributed by atoms with Crippen LogP contribution in [0.5, 0.6) is 0 Å². The number of nitrogens with zero attached hydrogens (tertiary/aromatic N) is 3. The molecule has 1 aromatic carbocycles. The number of pyridine rings is 1. The second-order valence-electron chi connectivity index (χ2n) is 3.88. The molecule has 0 aliphatic carbocycles. The number of hydrogen-bond acceptors (Lipinski definition) is 4. The summed E-state index contributed by atoms with van der Waals surface area (Å²) in [4.78, 5) is 8.47. The van der Waals surface area contributed by atoms with Crippen LogP contribution in [0.3, 0.4) is 0 Å². The lowest BCUT2D eigenvalue weighted by Crippen LogP contribution is -1.82. The molecule has 0 saturated carbocycles. The Morgan fingerprint density at radius 1 is 1.17 bits per heavy atom. The summed E-state index contributed by atoms with van der Waals surface area (Å²) in [6, 6.07) is 13.4. The molecule has 3 aromatic rings. The van der Waals surface area contributed by atoms with Gasteiger partial charge in [-0.1, -0.05) is 12.1 Å². The van der Waals surface area contributed by atoms with Crippen molar-refractivity contribution in [2.24, 2.45) is 0 Å². The standard InChI is InChI=1S/C14H9N3O/c15-8-7-10-3-5-11(6-4-10)13-17-12-2-1-9-16-14(12)18-13/h1-6,9H,7H2. The van der Waals surface area contributed by atoms with Gasteiger partial charge in [0.25, 0.3) is 0 Å². The fourth-order valence-corrected chi connectivity index (χ4v) is 1.75. The summed E-state index contributed by atoms with van der Waals surface area (Å²) >= 11 is 0. The fraction of sp³-hybridized carbons (Fsp3) is 0.0714. The van der Waals surface area contributed by atoms with Crippen molar-refractivity contribution in [1.82, 2.24) is 9.97 Å². The van der Waals surface area contributed by atoms with E-state index >= 15 is 0 Å². The maximum atomic E-state index is 8.61. The molecule has 0 unspecified atom stereocenters. The molecular formula is C14H9N3O. The molecule has 0 aliphatic heterocycles. The minimum atomic E-state index is 0.412. The van der Waals surface area contributed by atoms with E-state index in [0.717, 1.165) is 16.6 Å². The van der Waals surface area contributed by atoms with Crippen LogP contribution in [0.1, 0.15) is 5.56 Å². The first-order chi connectivity index (χ1) is 8.86. The lowest BCUT2D eigenvalue weighted by atomic mass is 10.1. The first kappa shape index (κ1) is 10.5. The van der Waals surface area contributed by atoms with Gasteiger partial charge in [0.2, 0.25) is 11.6 Å². The zero-order valence-corrected chi connectivity index (χ0v) is 9.50. The zero-order chi connectivity index (χ0) is 12.4. The third-order valence-corrected chi connectivity index (χ3v) is 2.65. The van der Waals surface area contributed by atoms with E-state index < -0.39 is 0 Å². The maximum absolute atomic E-state index is 8.61. The number of hydrogen-bond donors (Lipinski definition) is 0. The second kappa shape index (κ2) is 4.30. The van der Waals surface area contributed by atoms with Crippen molar-refractivity contribution in [3.63, 3.8) is 0 Å². The highest BCUT2D eigenvalue weighted by atomic mass is 16.4. The summed E-state index contributed by atoms with van der Waals surface area (Å²) in [5, 5.41) is 8.61. The maximum Gasteiger partial charge on any atom is 0.247 e. The van der Waals surface area contributed by atoms with Gasteiger partial charge in [0, 0.05) is 11.8 Å². The molecule has 0 fully saturated rings. The molecule has 0 atom stereocenters. The highest BCUT2D eigenvalue weighted by Crippen LogP contribution is 2.23. The summed E-state index contributed by atoms with van der Waals surface area (Å²) in [6.45, 7) is 0. The molecule has 0 bridgehead atoms. The number of benzene rings is 1. The molecule has 0 N–H and O–H groups in total. The molecule has 2 heterocycles. The van der Waals surface area contributed by atoms with Gasteiger partial charge in [-0.05, 0) is 29.8 Å². The number of nitriles is 1. The second-order valence-corrected chi connectivity index (χ2v) is 3.88. The van der Waals surface area contributed by atoms with Gasteiger partial charge in [-0.15, -0.1) is 0 Å². The van der Waals surface area contributed by atoms with Gasteiger partial charge in [0.1, 0.15) is 5.52 Å². The highest BCUT2D eigenvalue weighted by molar-refractivity contribution is 5.72. The Labute approximate surface area is 104 Å². The van der Waals surface area contributed by atoms with Gasteiger partial charge in [-0.3, -0.25) is 0 Å². The van der Waals surface area contributed by atoms with Crippen LogP contribution >= 0.6 is 0 Å². The lowest BCUT2D eigenvalue weighted by molar-refractivity contribution is 0.608. The van der Waals surface area contributed by atoms with Crippen molar-refractivity contribution >= 4 is 11.2 Å². The summed E-state index contributed by atoms with van der Waals surface area (Å²) in [7, 11) is 0. The van der Waals surface area contributed by atoms with Gasteiger partial charge in [0.15, 0.2) is 0 Å². The van der Waals surface area contributed by atoms with Crippen LogP contribution in [0.25, 0.3) is 22.7 Å². The summed E-state index contributed by atoms with van der Waals surface area (Å²) in [5.74, 6) is 0.548. The summed E-state index contributed by atoms with van der Waals surface area (Å²) in [6.07, 6.45) is 2.09. The average molecular weight is 235 g/mol. The van der Waals surface area contributed by atoms with Crippen molar-refractivity contribution < 1.29 is 4.42 Å². The van der Waals surface area contributed by atoms with Gasteiger partial charge in [-0.2, -0.15) is 5.26 Å². The van der Waals surface area contributed by atoms with E-state index in [2.05, 4.69) is 16.0 Å². The monoisotopic (exact) mass is 235 g/mol. The number of fused-ring (bicyclic) bond motifs is 1. The Kier molecular flexibility index (Phi) is 2.50. The minimum Gasteiger partial charge on any atom is -0.418 e. The van der Waals surface area contributed by atoms with Crippen molar-refractivity contribution in [3.8, 4) is 17.5 Å². The smallest absolute Gasteiger partial charge is 0.247 e. The zero-order valence-electron chi connectivity index (χ0n) is 9.50. The van der Waals surface area contributed by atoms with E-state index in [9.17, 15) is 0 Å². The molecule has 86 valence electrons. The Morgan fingerprint density at radius 3 is 2.72 bits per heavy atom. The molecule has 0 saturated heterocycles. The molecule has 0 amide bonds. The normalized spacial score (nSPS) is 10.4. The van der Waals surface area contributed by atoms with Gasteiger partial charge in [-0.25, -0.2) is 9.97 Å². The molecule has 4 nitrogen and oxygen atoms in total. The molecule has 0 spiro atoms. The van der Waals surface area contributed by atoms with Crippen LogP contribution in [0.15, 0.2) is 47.0 Å². The van der Waals surface area contributed by atoms with Gasteiger partial charge in [0.05, 0.1) is 12.5 Å². The molecule has 3 rings (SSSR count). The van der Waals surface area contributed by atoms with Crippen molar-refractivity contribution in [2.75, 3.05) is 0 Å². The van der Waals surface area contributed by atoms with E-state index in [-0.39, 0.29) is 0 Å². The lowest BCUT2D eigenvalue weighted by Gasteiger charge is -1.96. The van der Waals surface area contributed by atoms with Crippen molar-refractivity contribution in [2.45, 2.75) is 6.42 Å². The molecule has 4 heteroatoms. The quantitative estimate of drug-likeness (QED) is 0.685. The Bertz CT molecular complexity index is 690. The molecule has 18 heavy (non-hydrogen) atoms. The first-order valence-electron chi connectivity index (χ1n) is 5.54. The largest absolute Gasteiger partial charge is 0.418 e. The number of aromatic nitrogens is 2. The van der Waals surface area contributed by atoms with Crippen LogP contribution < -0.4 is 0 Å². The van der Waals surface area contributed by atoms with Crippen LogP contribution in [-0.4, -0.2) is 9.97 Å². The minimum absolute atomic E-state index is 0.412.